The third-order valence-corrected chi connectivity index (χ3v) is 6.38. The Bertz CT molecular complexity index is 505. The molecule has 3 fully saturated rings. The Morgan fingerprint density at radius 1 is 1.32 bits per heavy atom. The SMILES string of the molecule is CCN(CC)C(=O)CN(C)C(=NC)NC1C2CCOC2C12CCC2.I. The lowest BCUT2D eigenvalue weighted by atomic mass is 9.46. The van der Waals surface area contributed by atoms with E-state index in [1.165, 1.54) is 19.3 Å². The highest BCUT2D eigenvalue weighted by molar-refractivity contribution is 14.0. The van der Waals surface area contributed by atoms with Crippen LogP contribution in [0.1, 0.15) is 39.5 Å². The summed E-state index contributed by atoms with van der Waals surface area (Å²) in [7, 11) is 3.75. The third kappa shape index (κ3) is 3.50. The van der Waals surface area contributed by atoms with Crippen LogP contribution in [0.3, 0.4) is 0 Å². The molecule has 3 unspecified atom stereocenters. The predicted molar refractivity (Wildman–Crippen MR) is 110 cm³/mol. The van der Waals surface area contributed by atoms with Crippen molar-refractivity contribution in [1.82, 2.24) is 15.1 Å². The van der Waals surface area contributed by atoms with Crippen LogP contribution in [0.2, 0.25) is 0 Å². The maximum absolute atomic E-state index is 12.4. The maximum Gasteiger partial charge on any atom is 0.242 e. The van der Waals surface area contributed by atoms with Crippen molar-refractivity contribution in [3.63, 3.8) is 0 Å². The van der Waals surface area contributed by atoms with Crippen LogP contribution >= 0.6 is 24.0 Å². The van der Waals surface area contributed by atoms with E-state index in [2.05, 4.69) is 10.3 Å². The minimum absolute atomic E-state index is 0. The molecule has 0 aromatic heterocycles. The Morgan fingerprint density at radius 3 is 2.52 bits per heavy atom. The van der Waals surface area contributed by atoms with E-state index in [4.69, 9.17) is 4.74 Å². The molecule has 0 aromatic carbocycles. The number of hydrogen-bond acceptors (Lipinski definition) is 3. The number of nitrogens with one attached hydrogen (secondary N) is 1. The van der Waals surface area contributed by atoms with Crippen LogP contribution in [0.25, 0.3) is 0 Å². The molecule has 3 rings (SSSR count). The van der Waals surface area contributed by atoms with Gasteiger partial charge in [0.25, 0.3) is 0 Å². The fourth-order valence-electron chi connectivity index (χ4n) is 4.89. The van der Waals surface area contributed by atoms with Gasteiger partial charge in [0.15, 0.2) is 5.96 Å². The van der Waals surface area contributed by atoms with Crippen LogP contribution in [0.4, 0.5) is 0 Å². The van der Waals surface area contributed by atoms with Gasteiger partial charge in [0.05, 0.1) is 12.6 Å². The van der Waals surface area contributed by atoms with E-state index >= 15 is 0 Å². The average molecular weight is 464 g/mol. The summed E-state index contributed by atoms with van der Waals surface area (Å²) >= 11 is 0. The van der Waals surface area contributed by atoms with E-state index in [1.807, 2.05) is 30.7 Å². The van der Waals surface area contributed by atoms with Gasteiger partial charge in [0, 0.05) is 51.2 Å². The summed E-state index contributed by atoms with van der Waals surface area (Å²) in [6.45, 7) is 6.80. The quantitative estimate of drug-likeness (QED) is 0.384. The van der Waals surface area contributed by atoms with Gasteiger partial charge < -0.3 is 19.9 Å². The van der Waals surface area contributed by atoms with Crippen molar-refractivity contribution in [3.05, 3.63) is 0 Å². The van der Waals surface area contributed by atoms with Crippen LogP contribution in [-0.4, -0.2) is 74.1 Å². The lowest BCUT2D eigenvalue weighted by Gasteiger charge is -2.63. The first-order valence-electron chi connectivity index (χ1n) is 9.41. The fraction of sp³-hybridized carbons (Fsp3) is 0.889. The molecule has 0 radical (unpaired) electrons. The van der Waals surface area contributed by atoms with Gasteiger partial charge in [-0.05, 0) is 33.1 Å². The van der Waals surface area contributed by atoms with Gasteiger partial charge in [-0.1, -0.05) is 6.42 Å². The van der Waals surface area contributed by atoms with Crippen LogP contribution < -0.4 is 5.32 Å². The lowest BCUT2D eigenvalue weighted by Crippen LogP contribution is -2.72. The summed E-state index contributed by atoms with van der Waals surface area (Å²) in [5, 5.41) is 3.67. The number of carbonyl (C=O) groups is 1. The second-order valence-electron chi connectivity index (χ2n) is 7.42. The van der Waals surface area contributed by atoms with Gasteiger partial charge in [-0.3, -0.25) is 9.79 Å². The van der Waals surface area contributed by atoms with Crippen molar-refractivity contribution in [2.24, 2.45) is 16.3 Å². The molecule has 3 aliphatic rings. The number of hydrogen-bond donors (Lipinski definition) is 1. The van der Waals surface area contributed by atoms with Gasteiger partial charge in [0.1, 0.15) is 0 Å². The Balaban J connectivity index is 0.00000225. The van der Waals surface area contributed by atoms with E-state index in [-0.39, 0.29) is 29.9 Å². The molecule has 1 amide bonds. The van der Waals surface area contributed by atoms with Crippen molar-refractivity contribution in [2.75, 3.05) is 40.3 Å². The standard InChI is InChI=1S/C18H32N4O2.HI/c1-5-22(6-2)14(23)12-21(4)17(19-3)20-15-13-8-11-24-16(13)18(15)9-7-10-18;/h13,15-16H,5-12H2,1-4H3,(H,19,20);1H. The van der Waals surface area contributed by atoms with Crippen LogP contribution in [0.15, 0.2) is 4.99 Å². The van der Waals surface area contributed by atoms with Gasteiger partial charge in [-0.25, -0.2) is 0 Å². The number of halogens is 1. The number of likely N-dealkylation sites (N-methyl/N-ethyl adjacent to an activating group) is 2. The number of carbonyl (C=O) groups excluding carboxylic acids is 1. The summed E-state index contributed by atoms with van der Waals surface area (Å²) < 4.78 is 5.99. The molecule has 7 heteroatoms. The average Bonchev–Trinajstić information content (AvgIpc) is 2.92. The topological polar surface area (TPSA) is 57.2 Å². The second kappa shape index (κ2) is 8.41. The summed E-state index contributed by atoms with van der Waals surface area (Å²) in [6.07, 6.45) is 5.41. The number of rotatable bonds is 5. The molecule has 25 heavy (non-hydrogen) atoms. The van der Waals surface area contributed by atoms with E-state index in [0.29, 0.717) is 30.0 Å². The van der Waals surface area contributed by atoms with Gasteiger partial charge in [-0.2, -0.15) is 0 Å². The van der Waals surface area contributed by atoms with Gasteiger partial charge in [0.2, 0.25) is 5.91 Å². The molecule has 6 nitrogen and oxygen atoms in total. The van der Waals surface area contributed by atoms with Crippen LogP contribution in [-0.2, 0) is 9.53 Å². The maximum atomic E-state index is 12.4. The molecule has 1 heterocycles. The normalized spacial score (nSPS) is 29.1. The van der Waals surface area contributed by atoms with Crippen molar-refractivity contribution in [3.8, 4) is 0 Å². The second-order valence-corrected chi connectivity index (χ2v) is 7.42. The molecule has 144 valence electrons. The largest absolute Gasteiger partial charge is 0.377 e. The van der Waals surface area contributed by atoms with Crippen LogP contribution in [0.5, 0.6) is 0 Å². The molecule has 1 saturated heterocycles. The van der Waals surface area contributed by atoms with E-state index in [1.54, 1.807) is 7.05 Å². The Hall–Kier alpha value is -0.570. The Labute approximate surface area is 168 Å². The first-order valence-corrected chi connectivity index (χ1v) is 9.41. The number of guanidine groups is 1. The minimum atomic E-state index is 0. The lowest BCUT2D eigenvalue weighted by molar-refractivity contribution is -0.171. The highest BCUT2D eigenvalue weighted by Crippen LogP contribution is 2.62. The smallest absolute Gasteiger partial charge is 0.242 e. The highest BCUT2D eigenvalue weighted by atomic mass is 127. The molecular weight excluding hydrogens is 431 g/mol. The van der Waals surface area contributed by atoms with Crippen molar-refractivity contribution >= 4 is 35.8 Å². The Morgan fingerprint density at radius 2 is 2.00 bits per heavy atom. The van der Waals surface area contributed by atoms with E-state index < -0.39 is 0 Å². The number of amides is 1. The number of fused-ring (bicyclic) bond motifs is 2. The molecule has 1 spiro atoms. The summed E-state index contributed by atoms with van der Waals surface area (Å²) in [4.78, 5) is 20.6. The number of ether oxygens (including phenoxy) is 1. The summed E-state index contributed by atoms with van der Waals surface area (Å²) in [5.74, 6) is 1.59. The van der Waals surface area contributed by atoms with Crippen LogP contribution in [0, 0.1) is 11.3 Å². The third-order valence-electron chi connectivity index (χ3n) is 6.38. The summed E-state index contributed by atoms with van der Waals surface area (Å²) in [5.41, 5.74) is 0.320. The fourth-order valence-corrected chi connectivity index (χ4v) is 4.89. The molecular formula is C18H33IN4O2. The molecule has 2 aliphatic carbocycles. The zero-order valence-corrected chi connectivity index (χ0v) is 18.3. The first kappa shape index (κ1) is 20.7. The van der Waals surface area contributed by atoms with Crippen molar-refractivity contribution in [1.29, 1.82) is 0 Å². The molecule has 2 saturated carbocycles. The molecule has 1 N–H and O–H groups in total. The number of aliphatic imine (C=N–C) groups is 1. The monoisotopic (exact) mass is 464 g/mol. The molecule has 3 atom stereocenters. The van der Waals surface area contributed by atoms with Gasteiger partial charge in [-0.15, -0.1) is 24.0 Å². The first-order chi connectivity index (χ1) is 11.6. The van der Waals surface area contributed by atoms with Gasteiger partial charge >= 0.3 is 0 Å². The van der Waals surface area contributed by atoms with Crippen molar-refractivity contribution < 1.29 is 9.53 Å². The zero-order chi connectivity index (χ0) is 17.3. The highest BCUT2D eigenvalue weighted by Gasteiger charge is 2.66. The number of nitrogens with zero attached hydrogens (tertiary/aromatic N) is 3. The minimum Gasteiger partial charge on any atom is -0.377 e. The van der Waals surface area contributed by atoms with E-state index in [9.17, 15) is 4.79 Å². The summed E-state index contributed by atoms with van der Waals surface area (Å²) in [6, 6.07) is 0.448. The van der Waals surface area contributed by atoms with Crippen molar-refractivity contribution in [2.45, 2.75) is 51.7 Å². The molecule has 1 aliphatic heterocycles. The predicted octanol–water partition coefficient (Wildman–Crippen LogP) is 1.94. The zero-order valence-electron chi connectivity index (χ0n) is 16.0. The molecule has 0 aromatic rings. The molecule has 0 bridgehead atoms. The Kier molecular flexibility index (Phi) is 6.98. The van der Waals surface area contributed by atoms with E-state index in [0.717, 1.165) is 32.1 Å².